The van der Waals surface area contributed by atoms with Crippen LogP contribution in [0.2, 0.25) is 5.28 Å². The fourth-order valence-corrected chi connectivity index (χ4v) is 1.49. The number of carbonyl (C=O) groups is 1. The molecule has 0 fully saturated rings. The number of nitrogens with zero attached hydrogens (tertiary/aromatic N) is 2. The second kappa shape index (κ2) is 6.40. The van der Waals surface area contributed by atoms with Crippen molar-refractivity contribution in [1.29, 1.82) is 0 Å². The molecule has 1 atom stereocenters. The van der Waals surface area contributed by atoms with Gasteiger partial charge in [-0.2, -0.15) is 0 Å². The molecule has 1 rings (SSSR count). The van der Waals surface area contributed by atoms with Crippen LogP contribution >= 0.6 is 11.6 Å². The monoisotopic (exact) mass is 243 g/mol. The quantitative estimate of drug-likeness (QED) is 0.577. The smallest absolute Gasteiger partial charge is 0.224 e. The highest BCUT2D eigenvalue weighted by atomic mass is 35.5. The number of nitrogens with one attached hydrogen (secondary N) is 1. The normalized spacial score (nSPS) is 12.2. The van der Waals surface area contributed by atoms with Gasteiger partial charge in [-0.1, -0.05) is 0 Å². The van der Waals surface area contributed by atoms with Crippen LogP contribution in [0.1, 0.15) is 18.4 Å². The Morgan fingerprint density at radius 1 is 1.69 bits per heavy atom. The van der Waals surface area contributed by atoms with Gasteiger partial charge in [-0.3, -0.25) is 0 Å². The van der Waals surface area contributed by atoms with E-state index in [1.807, 2.05) is 0 Å². The van der Waals surface area contributed by atoms with Crippen LogP contribution in [-0.4, -0.2) is 34.5 Å². The molecule has 88 valence electrons. The Kier molecular flexibility index (Phi) is 5.14. The molecule has 0 amide bonds. The van der Waals surface area contributed by atoms with Crippen molar-refractivity contribution in [3.05, 3.63) is 17.0 Å². The van der Waals surface area contributed by atoms with Crippen molar-refractivity contribution in [3.63, 3.8) is 0 Å². The molecule has 1 aromatic rings. The van der Waals surface area contributed by atoms with Crippen LogP contribution in [0.15, 0.2) is 6.20 Å². The Hall–Kier alpha value is -1.20. The fraction of sp³-hybridized carbons (Fsp3) is 0.500. The minimum atomic E-state index is -0.883. The van der Waals surface area contributed by atoms with E-state index < -0.39 is 6.10 Å². The van der Waals surface area contributed by atoms with Gasteiger partial charge in [0.25, 0.3) is 0 Å². The lowest BCUT2D eigenvalue weighted by atomic mass is 10.1. The fourth-order valence-electron chi connectivity index (χ4n) is 1.35. The maximum Gasteiger partial charge on any atom is 0.224 e. The molecule has 0 bridgehead atoms. The van der Waals surface area contributed by atoms with Crippen molar-refractivity contribution in [3.8, 4) is 0 Å². The summed E-state index contributed by atoms with van der Waals surface area (Å²) in [7, 11) is 1.75. The molecular formula is C10H14ClN3O2. The first-order valence-electron chi connectivity index (χ1n) is 5.00. The Morgan fingerprint density at radius 2 is 2.44 bits per heavy atom. The molecule has 1 heterocycles. The molecule has 0 aliphatic rings. The van der Waals surface area contributed by atoms with Crippen LogP contribution in [0.5, 0.6) is 0 Å². The summed E-state index contributed by atoms with van der Waals surface area (Å²) in [5.74, 6) is 0.681. The zero-order chi connectivity index (χ0) is 12.0. The van der Waals surface area contributed by atoms with Crippen molar-refractivity contribution in [2.45, 2.75) is 25.4 Å². The molecule has 1 aromatic heterocycles. The Balaban J connectivity index is 2.56. The standard InChI is InChI=1S/C10H14ClN3O2/c1-12-9-7(5-13-10(11)14-9)3-2-4-8(16)6-15/h5-6,8,16H,2-4H2,1H3,(H,12,13,14). The number of aryl methyl sites for hydroxylation is 1. The Labute approximate surface area is 98.9 Å². The number of hydrogen-bond acceptors (Lipinski definition) is 5. The van der Waals surface area contributed by atoms with Crippen molar-refractivity contribution < 1.29 is 9.90 Å². The van der Waals surface area contributed by atoms with E-state index in [2.05, 4.69) is 15.3 Å². The van der Waals surface area contributed by atoms with Crippen molar-refractivity contribution in [2.24, 2.45) is 0 Å². The lowest BCUT2D eigenvalue weighted by Crippen LogP contribution is -2.08. The minimum absolute atomic E-state index is 0.195. The maximum absolute atomic E-state index is 10.2. The molecular weight excluding hydrogens is 230 g/mol. The number of aliphatic hydroxyl groups is 1. The van der Waals surface area contributed by atoms with Crippen LogP contribution in [0.25, 0.3) is 0 Å². The average Bonchev–Trinajstić information content (AvgIpc) is 2.30. The van der Waals surface area contributed by atoms with E-state index in [4.69, 9.17) is 16.7 Å². The number of rotatable bonds is 6. The number of hydrogen-bond donors (Lipinski definition) is 2. The summed E-state index contributed by atoms with van der Waals surface area (Å²) < 4.78 is 0. The summed E-state index contributed by atoms with van der Waals surface area (Å²) in [4.78, 5) is 18.1. The van der Waals surface area contributed by atoms with E-state index in [1.165, 1.54) is 0 Å². The van der Waals surface area contributed by atoms with Crippen LogP contribution in [0, 0.1) is 0 Å². The molecule has 1 unspecified atom stereocenters. The third-order valence-corrected chi connectivity index (χ3v) is 2.36. The number of anilines is 1. The molecule has 16 heavy (non-hydrogen) atoms. The van der Waals surface area contributed by atoms with Crippen LogP contribution in [0.4, 0.5) is 5.82 Å². The summed E-state index contributed by atoms with van der Waals surface area (Å²) in [6.45, 7) is 0. The van der Waals surface area contributed by atoms with Crippen LogP contribution in [0.3, 0.4) is 0 Å². The van der Waals surface area contributed by atoms with Gasteiger partial charge in [0.15, 0.2) is 0 Å². The van der Waals surface area contributed by atoms with Gasteiger partial charge in [0.2, 0.25) is 5.28 Å². The summed E-state index contributed by atoms with van der Waals surface area (Å²) in [6.07, 6.45) is 3.13. The predicted molar refractivity (Wildman–Crippen MR) is 61.6 cm³/mol. The summed E-state index contributed by atoms with van der Waals surface area (Å²) in [6, 6.07) is 0. The van der Waals surface area contributed by atoms with Gasteiger partial charge in [-0.15, -0.1) is 0 Å². The van der Waals surface area contributed by atoms with Crippen molar-refractivity contribution >= 4 is 23.7 Å². The van der Waals surface area contributed by atoms with E-state index in [-0.39, 0.29) is 5.28 Å². The first-order valence-corrected chi connectivity index (χ1v) is 5.37. The van der Waals surface area contributed by atoms with Crippen molar-refractivity contribution in [1.82, 2.24) is 9.97 Å². The third kappa shape index (κ3) is 3.75. The summed E-state index contributed by atoms with van der Waals surface area (Å²) in [5.41, 5.74) is 0.921. The molecule has 0 saturated heterocycles. The Morgan fingerprint density at radius 3 is 3.06 bits per heavy atom. The van der Waals surface area contributed by atoms with Gasteiger partial charge >= 0.3 is 0 Å². The lowest BCUT2D eigenvalue weighted by Gasteiger charge is -2.08. The highest BCUT2D eigenvalue weighted by molar-refractivity contribution is 6.28. The van der Waals surface area contributed by atoms with Crippen molar-refractivity contribution in [2.75, 3.05) is 12.4 Å². The highest BCUT2D eigenvalue weighted by Crippen LogP contribution is 2.16. The maximum atomic E-state index is 10.2. The van der Waals surface area contributed by atoms with Gasteiger partial charge < -0.3 is 15.2 Å². The first kappa shape index (κ1) is 12.9. The van der Waals surface area contributed by atoms with Gasteiger partial charge in [0.05, 0.1) is 0 Å². The zero-order valence-corrected chi connectivity index (χ0v) is 9.74. The lowest BCUT2D eigenvalue weighted by molar-refractivity contribution is -0.115. The number of aromatic nitrogens is 2. The molecule has 0 spiro atoms. The van der Waals surface area contributed by atoms with E-state index in [0.717, 1.165) is 5.56 Å². The molecule has 0 aliphatic carbocycles. The predicted octanol–water partition coefficient (Wildman–Crippen LogP) is 1.05. The van der Waals surface area contributed by atoms with E-state index in [1.54, 1.807) is 13.2 Å². The van der Waals surface area contributed by atoms with Gasteiger partial charge in [-0.05, 0) is 30.9 Å². The second-order valence-electron chi connectivity index (χ2n) is 3.36. The molecule has 2 N–H and O–H groups in total. The van der Waals surface area contributed by atoms with Gasteiger partial charge in [0, 0.05) is 18.8 Å². The molecule has 0 saturated carbocycles. The molecule has 5 nitrogen and oxygen atoms in total. The molecule has 0 radical (unpaired) electrons. The zero-order valence-electron chi connectivity index (χ0n) is 8.98. The number of halogens is 1. The number of aliphatic hydroxyl groups excluding tert-OH is 1. The molecule has 6 heteroatoms. The van der Waals surface area contributed by atoms with Crippen LogP contribution < -0.4 is 5.32 Å². The summed E-state index contributed by atoms with van der Waals surface area (Å²) >= 11 is 5.65. The number of carbonyl (C=O) groups excluding carboxylic acids is 1. The van der Waals surface area contributed by atoms with E-state index in [9.17, 15) is 4.79 Å². The Bertz CT molecular complexity index is 360. The second-order valence-corrected chi connectivity index (χ2v) is 3.70. The molecule has 0 aliphatic heterocycles. The average molecular weight is 244 g/mol. The van der Waals surface area contributed by atoms with Gasteiger partial charge in [0.1, 0.15) is 18.2 Å². The van der Waals surface area contributed by atoms with Gasteiger partial charge in [-0.25, -0.2) is 9.97 Å². The first-order chi connectivity index (χ1) is 7.67. The SMILES string of the molecule is CNc1nc(Cl)ncc1CCCC(O)C=O. The topological polar surface area (TPSA) is 75.1 Å². The van der Waals surface area contributed by atoms with E-state index >= 15 is 0 Å². The molecule has 0 aromatic carbocycles. The third-order valence-electron chi connectivity index (χ3n) is 2.18. The highest BCUT2D eigenvalue weighted by Gasteiger charge is 2.06. The largest absolute Gasteiger partial charge is 0.386 e. The van der Waals surface area contributed by atoms with E-state index in [0.29, 0.717) is 31.4 Å². The summed E-state index contributed by atoms with van der Waals surface area (Å²) in [5, 5.41) is 12.2. The minimum Gasteiger partial charge on any atom is -0.386 e. The van der Waals surface area contributed by atoms with Crippen LogP contribution in [-0.2, 0) is 11.2 Å². The number of aldehydes is 1.